The van der Waals surface area contributed by atoms with Crippen molar-refractivity contribution in [1.82, 2.24) is 4.57 Å². The second-order valence-electron chi connectivity index (χ2n) is 7.74. The number of hydrogen-bond acceptors (Lipinski definition) is 7. The summed E-state index contributed by atoms with van der Waals surface area (Å²) in [6.45, 7) is 1.81. The van der Waals surface area contributed by atoms with E-state index < -0.39 is 26.1 Å². The van der Waals surface area contributed by atoms with E-state index in [1.54, 1.807) is 25.1 Å². The number of aromatic nitrogens is 1. The van der Waals surface area contributed by atoms with E-state index in [1.807, 2.05) is 0 Å². The van der Waals surface area contributed by atoms with Crippen LogP contribution >= 0.6 is 0 Å². The fourth-order valence-electron chi connectivity index (χ4n) is 3.71. The molecule has 4 rings (SSSR count). The van der Waals surface area contributed by atoms with E-state index in [0.29, 0.717) is 29.5 Å². The van der Waals surface area contributed by atoms with Crippen molar-refractivity contribution < 1.29 is 22.7 Å². The Morgan fingerprint density at radius 2 is 2.00 bits per heavy atom. The predicted octanol–water partition coefficient (Wildman–Crippen LogP) is 1.79. The molecule has 0 atom stereocenters. The van der Waals surface area contributed by atoms with E-state index in [9.17, 15) is 18.0 Å². The molecule has 156 valence electrons. The van der Waals surface area contributed by atoms with Crippen molar-refractivity contribution in [3.63, 3.8) is 0 Å². The molecule has 1 aromatic carbocycles. The number of fused-ring (bicyclic) bond motifs is 1. The van der Waals surface area contributed by atoms with Crippen molar-refractivity contribution in [3.8, 4) is 5.75 Å². The van der Waals surface area contributed by atoms with E-state index in [4.69, 9.17) is 15.2 Å². The number of anilines is 1. The molecule has 2 fully saturated rings. The first-order valence-corrected chi connectivity index (χ1v) is 11.2. The third-order valence-corrected chi connectivity index (χ3v) is 8.84. The smallest absolute Gasteiger partial charge is 0.345 e. The third-order valence-electron chi connectivity index (χ3n) is 5.76. The van der Waals surface area contributed by atoms with Gasteiger partial charge in [0, 0.05) is 12.4 Å². The number of carbonyl (C=O) groups is 1. The van der Waals surface area contributed by atoms with Crippen molar-refractivity contribution in [3.05, 3.63) is 34.1 Å². The summed E-state index contributed by atoms with van der Waals surface area (Å²) >= 11 is 0. The van der Waals surface area contributed by atoms with Crippen LogP contribution in [-0.2, 0) is 21.6 Å². The average Bonchev–Trinajstić information content (AvgIpc) is 3.57. The molecule has 29 heavy (non-hydrogen) atoms. The van der Waals surface area contributed by atoms with Gasteiger partial charge in [-0.05, 0) is 38.7 Å². The van der Waals surface area contributed by atoms with Crippen LogP contribution in [0.25, 0.3) is 10.9 Å². The highest BCUT2D eigenvalue weighted by Crippen LogP contribution is 2.50. The van der Waals surface area contributed by atoms with Gasteiger partial charge in [-0.1, -0.05) is 12.1 Å². The lowest BCUT2D eigenvalue weighted by Gasteiger charge is -2.19. The highest BCUT2D eigenvalue weighted by Gasteiger charge is 2.60. The fraction of sp³-hybridized carbons (Fsp3) is 0.500. The molecule has 2 aliphatic rings. The van der Waals surface area contributed by atoms with Crippen LogP contribution in [0.2, 0.25) is 0 Å². The van der Waals surface area contributed by atoms with Gasteiger partial charge in [0.2, 0.25) is 0 Å². The van der Waals surface area contributed by atoms with Crippen molar-refractivity contribution in [2.45, 2.75) is 42.6 Å². The molecule has 1 heterocycles. The summed E-state index contributed by atoms with van der Waals surface area (Å²) in [5, 5.41) is 0.232. The third kappa shape index (κ3) is 3.08. The van der Waals surface area contributed by atoms with E-state index in [2.05, 4.69) is 0 Å². The molecule has 8 nitrogen and oxygen atoms in total. The number of rotatable bonds is 7. The van der Waals surface area contributed by atoms with Gasteiger partial charge < -0.3 is 19.8 Å². The first-order valence-electron chi connectivity index (χ1n) is 9.68. The van der Waals surface area contributed by atoms with Gasteiger partial charge in [0.25, 0.3) is 5.56 Å². The van der Waals surface area contributed by atoms with Crippen LogP contribution in [0.4, 0.5) is 5.69 Å². The second kappa shape index (κ2) is 6.76. The summed E-state index contributed by atoms with van der Waals surface area (Å²) in [5.41, 5.74) is 5.78. The van der Waals surface area contributed by atoms with E-state index >= 15 is 0 Å². The van der Waals surface area contributed by atoms with Crippen LogP contribution in [0.1, 0.15) is 43.0 Å². The molecule has 2 aliphatic carbocycles. The van der Waals surface area contributed by atoms with Gasteiger partial charge in [-0.25, -0.2) is 13.2 Å². The zero-order valence-corrected chi connectivity index (χ0v) is 17.3. The summed E-state index contributed by atoms with van der Waals surface area (Å²) in [4.78, 5) is 25.0. The molecule has 0 unspecified atom stereocenters. The van der Waals surface area contributed by atoms with Gasteiger partial charge >= 0.3 is 5.97 Å². The van der Waals surface area contributed by atoms with Crippen molar-refractivity contribution in [1.29, 1.82) is 0 Å². The number of ether oxygens (including phenoxy) is 2. The maximum absolute atomic E-state index is 12.8. The lowest BCUT2D eigenvalue weighted by molar-refractivity contribution is 0.0525. The Labute approximate surface area is 168 Å². The summed E-state index contributed by atoms with van der Waals surface area (Å²) < 4.78 is 36.8. The Hall–Kier alpha value is -2.55. The van der Waals surface area contributed by atoms with Crippen molar-refractivity contribution in [2.75, 3.05) is 18.9 Å². The van der Waals surface area contributed by atoms with Crippen molar-refractivity contribution >= 4 is 32.4 Å². The predicted molar refractivity (Wildman–Crippen MR) is 109 cm³/mol. The maximum atomic E-state index is 12.8. The molecular formula is C20H24N2O6S. The van der Waals surface area contributed by atoms with Crippen LogP contribution in [0.15, 0.2) is 23.0 Å². The van der Waals surface area contributed by atoms with E-state index in [-0.39, 0.29) is 29.7 Å². The highest BCUT2D eigenvalue weighted by atomic mass is 32.2. The normalized spacial score (nSPS) is 17.9. The molecule has 0 saturated heterocycles. The van der Waals surface area contributed by atoms with Gasteiger partial charge in [-0.15, -0.1) is 0 Å². The Bertz CT molecular complexity index is 1160. The number of nitrogen functional groups attached to an aromatic ring is 1. The largest absolute Gasteiger partial charge is 0.490 e. The van der Waals surface area contributed by atoms with Crippen LogP contribution in [0.3, 0.4) is 0 Å². The monoisotopic (exact) mass is 420 g/mol. The lowest BCUT2D eigenvalue weighted by Crippen LogP contribution is -2.33. The zero-order chi connectivity index (χ0) is 21.0. The molecule has 2 aromatic rings. The summed E-state index contributed by atoms with van der Waals surface area (Å²) in [6, 6.07) is 5.06. The summed E-state index contributed by atoms with van der Waals surface area (Å²) in [6.07, 6.45) is 2.62. The maximum Gasteiger partial charge on any atom is 0.345 e. The van der Waals surface area contributed by atoms with E-state index in [0.717, 1.165) is 12.8 Å². The molecule has 0 bridgehead atoms. The van der Waals surface area contributed by atoms with Gasteiger partial charge in [-0.3, -0.25) is 4.79 Å². The number of para-hydroxylation sites is 1. The molecule has 0 aliphatic heterocycles. The molecule has 1 aromatic heterocycles. The number of benzene rings is 1. The molecule has 9 heteroatoms. The number of carbonyl (C=O) groups excluding carboxylic acids is 1. The van der Waals surface area contributed by atoms with Crippen LogP contribution < -0.4 is 16.0 Å². The van der Waals surface area contributed by atoms with E-state index in [1.165, 1.54) is 11.6 Å². The molecule has 2 saturated carbocycles. The molecule has 0 radical (unpaired) electrons. The molecular weight excluding hydrogens is 396 g/mol. The number of nitrogens with two attached hydrogens (primary N) is 1. The number of sulfone groups is 1. The lowest BCUT2D eigenvalue weighted by atomic mass is 10.1. The second-order valence-corrected chi connectivity index (χ2v) is 10.4. The summed E-state index contributed by atoms with van der Waals surface area (Å²) in [5.74, 6) is -0.409. The minimum atomic E-state index is -3.21. The van der Waals surface area contributed by atoms with Gasteiger partial charge in [-0.2, -0.15) is 0 Å². The molecule has 2 N–H and O–H groups in total. The van der Waals surface area contributed by atoms with Crippen LogP contribution in [0.5, 0.6) is 5.75 Å². The van der Waals surface area contributed by atoms with Crippen LogP contribution in [0, 0.1) is 0 Å². The fourth-order valence-corrected chi connectivity index (χ4v) is 6.07. The Morgan fingerprint density at radius 1 is 1.31 bits per heavy atom. The number of hydrogen-bond donors (Lipinski definition) is 1. The van der Waals surface area contributed by atoms with Gasteiger partial charge in [0.05, 0.1) is 23.1 Å². The Balaban J connectivity index is 1.73. The van der Waals surface area contributed by atoms with Gasteiger partial charge in [0.15, 0.2) is 9.84 Å². The number of pyridine rings is 1. The minimum Gasteiger partial charge on any atom is -0.490 e. The minimum absolute atomic E-state index is 0.0266. The number of nitrogens with zero attached hydrogens (tertiary/aromatic N) is 1. The Kier molecular flexibility index (Phi) is 4.60. The highest BCUT2D eigenvalue weighted by molar-refractivity contribution is 7.94. The SMILES string of the molecule is CCOC(=O)c1c(N)c2cccc(OCC3(S(=O)(=O)C4CC4)CC3)c2n(C)c1=O. The first kappa shape index (κ1) is 19.8. The quantitative estimate of drug-likeness (QED) is 0.679. The standard InChI is InChI=1S/C20H24N2O6S/c1-3-27-19(24)15-16(21)13-5-4-6-14(17(13)22(2)18(15)23)28-11-20(9-10-20)29(25,26)12-7-8-12/h4-6,12H,3,7-11,21H2,1-2H3. The van der Waals surface area contributed by atoms with Gasteiger partial charge in [0.1, 0.15) is 22.7 Å². The molecule has 0 spiro atoms. The van der Waals surface area contributed by atoms with Crippen LogP contribution in [-0.4, -0.2) is 42.2 Å². The number of esters is 1. The zero-order valence-electron chi connectivity index (χ0n) is 16.4. The van der Waals surface area contributed by atoms with Crippen molar-refractivity contribution in [2.24, 2.45) is 7.05 Å². The Morgan fingerprint density at radius 3 is 2.59 bits per heavy atom. The summed E-state index contributed by atoms with van der Waals surface area (Å²) in [7, 11) is -1.69. The topological polar surface area (TPSA) is 118 Å². The number of aryl methyl sites for hydroxylation is 1. The molecule has 0 amide bonds. The average molecular weight is 420 g/mol. The first-order chi connectivity index (χ1) is 13.7.